The topological polar surface area (TPSA) is 50.5 Å². The lowest BCUT2D eigenvalue weighted by molar-refractivity contribution is -0.123. The summed E-state index contributed by atoms with van der Waals surface area (Å²) in [4.78, 5) is 26.5. The molecule has 146 valence electrons. The third kappa shape index (κ3) is 4.23. The molecule has 0 saturated carbocycles. The van der Waals surface area contributed by atoms with Gasteiger partial charge in [0, 0.05) is 16.7 Å². The van der Waals surface area contributed by atoms with Crippen molar-refractivity contribution in [2.45, 2.75) is 6.54 Å². The van der Waals surface area contributed by atoms with Crippen LogP contribution >= 0.6 is 46.6 Å². The van der Waals surface area contributed by atoms with Gasteiger partial charge in [0.25, 0.3) is 11.1 Å². The zero-order chi connectivity index (χ0) is 20.5. The first kappa shape index (κ1) is 20.1. The molecular formula is C21H12Cl3NO3S. The Morgan fingerprint density at radius 2 is 1.79 bits per heavy atom. The van der Waals surface area contributed by atoms with E-state index in [1.807, 2.05) is 6.07 Å². The molecule has 1 aliphatic rings. The predicted molar refractivity (Wildman–Crippen MR) is 117 cm³/mol. The number of thioether (sulfide) groups is 1. The molecule has 0 bridgehead atoms. The fraction of sp³-hybridized carbons (Fsp3) is 0.0476. The van der Waals surface area contributed by atoms with Crippen molar-refractivity contribution in [3.05, 3.63) is 85.9 Å². The summed E-state index contributed by atoms with van der Waals surface area (Å²) < 4.78 is 5.79. The summed E-state index contributed by atoms with van der Waals surface area (Å²) in [6, 6.07) is 15.7. The van der Waals surface area contributed by atoms with Crippen molar-refractivity contribution in [1.82, 2.24) is 4.90 Å². The highest BCUT2D eigenvalue weighted by Gasteiger charge is 2.35. The van der Waals surface area contributed by atoms with Crippen molar-refractivity contribution in [3.8, 4) is 11.3 Å². The highest BCUT2D eigenvalue weighted by atomic mass is 35.5. The van der Waals surface area contributed by atoms with E-state index >= 15 is 0 Å². The normalized spacial score (nSPS) is 15.6. The second kappa shape index (κ2) is 8.28. The van der Waals surface area contributed by atoms with Gasteiger partial charge in [0.05, 0.1) is 21.5 Å². The summed E-state index contributed by atoms with van der Waals surface area (Å²) in [6.45, 7) is 0.157. The van der Waals surface area contributed by atoms with E-state index in [2.05, 4.69) is 0 Å². The van der Waals surface area contributed by atoms with E-state index in [0.717, 1.165) is 17.3 Å². The predicted octanol–water partition coefficient (Wildman–Crippen LogP) is 7.14. The molecule has 2 heterocycles. The highest BCUT2D eigenvalue weighted by molar-refractivity contribution is 8.18. The molecule has 1 fully saturated rings. The SMILES string of the molecule is O=C1S/C(=C\c2ccc(-c3cccc(Cl)c3Cl)o2)C(=O)N1Cc1cccc(Cl)c1. The molecular weight excluding hydrogens is 453 g/mol. The first-order valence-corrected chi connectivity index (χ1v) is 10.4. The highest BCUT2D eigenvalue weighted by Crippen LogP contribution is 2.37. The Labute approximate surface area is 186 Å². The van der Waals surface area contributed by atoms with Gasteiger partial charge in [0.2, 0.25) is 0 Å². The van der Waals surface area contributed by atoms with Crippen LogP contribution in [0.25, 0.3) is 17.4 Å². The van der Waals surface area contributed by atoms with Gasteiger partial charge in [0.1, 0.15) is 11.5 Å². The Bertz CT molecular complexity index is 1160. The molecule has 4 rings (SSSR count). The minimum atomic E-state index is -0.376. The molecule has 2 amide bonds. The largest absolute Gasteiger partial charge is 0.457 e. The van der Waals surface area contributed by atoms with Gasteiger partial charge in [-0.3, -0.25) is 14.5 Å². The average molecular weight is 465 g/mol. The van der Waals surface area contributed by atoms with Gasteiger partial charge in [-0.15, -0.1) is 0 Å². The van der Waals surface area contributed by atoms with Crippen molar-refractivity contribution < 1.29 is 14.0 Å². The van der Waals surface area contributed by atoms with Gasteiger partial charge < -0.3 is 4.42 Å². The van der Waals surface area contributed by atoms with Gasteiger partial charge in [-0.1, -0.05) is 53.0 Å². The molecule has 3 aromatic rings. The maximum atomic E-state index is 12.7. The molecule has 1 aliphatic heterocycles. The zero-order valence-corrected chi connectivity index (χ0v) is 17.8. The van der Waals surface area contributed by atoms with Crippen LogP contribution < -0.4 is 0 Å². The summed E-state index contributed by atoms with van der Waals surface area (Å²) in [6.07, 6.45) is 1.55. The number of benzene rings is 2. The van der Waals surface area contributed by atoms with E-state index in [0.29, 0.717) is 32.2 Å². The van der Waals surface area contributed by atoms with Crippen molar-refractivity contribution >= 4 is 63.8 Å². The Balaban J connectivity index is 1.56. The van der Waals surface area contributed by atoms with Crippen LogP contribution in [0.2, 0.25) is 15.1 Å². The van der Waals surface area contributed by atoms with E-state index in [9.17, 15) is 9.59 Å². The van der Waals surface area contributed by atoms with E-state index in [1.165, 1.54) is 4.90 Å². The van der Waals surface area contributed by atoms with E-state index < -0.39 is 0 Å². The molecule has 0 spiro atoms. The lowest BCUT2D eigenvalue weighted by Crippen LogP contribution is -2.27. The molecule has 1 saturated heterocycles. The van der Waals surface area contributed by atoms with Crippen LogP contribution in [0.4, 0.5) is 4.79 Å². The Morgan fingerprint density at radius 3 is 2.59 bits per heavy atom. The van der Waals surface area contributed by atoms with Crippen molar-refractivity contribution in [3.63, 3.8) is 0 Å². The summed E-state index contributed by atoms with van der Waals surface area (Å²) >= 11 is 19.1. The molecule has 1 aromatic heterocycles. The number of nitrogens with zero attached hydrogens (tertiary/aromatic N) is 1. The number of amides is 2. The average Bonchev–Trinajstić information content (AvgIpc) is 3.24. The second-order valence-electron chi connectivity index (χ2n) is 6.20. The smallest absolute Gasteiger partial charge is 0.293 e. The fourth-order valence-corrected chi connectivity index (χ4v) is 4.28. The van der Waals surface area contributed by atoms with Gasteiger partial charge in [-0.2, -0.15) is 0 Å². The van der Waals surface area contributed by atoms with Gasteiger partial charge >= 0.3 is 0 Å². The molecule has 0 radical (unpaired) electrons. The molecule has 0 aliphatic carbocycles. The number of furan rings is 1. The Morgan fingerprint density at radius 1 is 1.00 bits per heavy atom. The zero-order valence-electron chi connectivity index (χ0n) is 14.7. The van der Waals surface area contributed by atoms with Crippen molar-refractivity contribution in [1.29, 1.82) is 0 Å². The van der Waals surface area contributed by atoms with Crippen LogP contribution in [-0.2, 0) is 11.3 Å². The van der Waals surface area contributed by atoms with E-state index in [1.54, 1.807) is 54.6 Å². The number of rotatable bonds is 4. The van der Waals surface area contributed by atoms with Crippen molar-refractivity contribution in [2.24, 2.45) is 0 Å². The van der Waals surface area contributed by atoms with Crippen LogP contribution in [0.15, 0.2) is 63.9 Å². The molecule has 4 nitrogen and oxygen atoms in total. The third-order valence-corrected chi connectivity index (χ3v) is 6.18. The monoisotopic (exact) mass is 463 g/mol. The summed E-state index contributed by atoms with van der Waals surface area (Å²) in [5.41, 5.74) is 1.42. The van der Waals surface area contributed by atoms with Gasteiger partial charge in [-0.25, -0.2) is 0 Å². The number of carbonyl (C=O) groups excluding carboxylic acids is 2. The Hall–Kier alpha value is -2.18. The molecule has 29 heavy (non-hydrogen) atoms. The Kier molecular flexibility index (Phi) is 5.74. The standard InChI is InChI=1S/C21H12Cl3NO3S/c22-13-4-1-3-12(9-13)11-25-20(26)18(29-21(25)27)10-14-7-8-17(28-14)15-5-2-6-16(23)19(15)24/h1-10H,11H2/b18-10-. The third-order valence-electron chi connectivity index (χ3n) is 4.22. The quantitative estimate of drug-likeness (QED) is 0.385. The molecule has 8 heteroatoms. The van der Waals surface area contributed by atoms with Crippen LogP contribution in [-0.4, -0.2) is 16.0 Å². The maximum absolute atomic E-state index is 12.7. The van der Waals surface area contributed by atoms with Crippen LogP contribution in [0, 0.1) is 0 Å². The second-order valence-corrected chi connectivity index (χ2v) is 8.42. The van der Waals surface area contributed by atoms with E-state index in [-0.39, 0.29) is 22.6 Å². The lowest BCUT2D eigenvalue weighted by Gasteiger charge is -2.12. The number of hydrogen-bond acceptors (Lipinski definition) is 4. The van der Waals surface area contributed by atoms with Gasteiger partial charge in [-0.05, 0) is 53.7 Å². The first-order valence-electron chi connectivity index (χ1n) is 8.46. The molecule has 2 aromatic carbocycles. The minimum Gasteiger partial charge on any atom is -0.457 e. The molecule has 0 unspecified atom stereocenters. The maximum Gasteiger partial charge on any atom is 0.293 e. The summed E-state index contributed by atoms with van der Waals surface area (Å²) in [5, 5.41) is 1.01. The van der Waals surface area contributed by atoms with E-state index in [4.69, 9.17) is 39.2 Å². The number of hydrogen-bond donors (Lipinski definition) is 0. The number of imide groups is 1. The fourth-order valence-electron chi connectivity index (χ4n) is 2.85. The lowest BCUT2D eigenvalue weighted by atomic mass is 10.2. The van der Waals surface area contributed by atoms with Crippen LogP contribution in [0.1, 0.15) is 11.3 Å². The summed E-state index contributed by atoms with van der Waals surface area (Å²) in [7, 11) is 0. The van der Waals surface area contributed by atoms with Crippen molar-refractivity contribution in [2.75, 3.05) is 0 Å². The van der Waals surface area contributed by atoms with Crippen LogP contribution in [0.3, 0.4) is 0 Å². The number of carbonyl (C=O) groups is 2. The molecule has 0 N–H and O–H groups in total. The molecule has 0 atom stereocenters. The summed E-state index contributed by atoms with van der Waals surface area (Å²) in [5.74, 6) is 0.574. The minimum absolute atomic E-state index is 0.157. The van der Waals surface area contributed by atoms with Crippen LogP contribution in [0.5, 0.6) is 0 Å². The number of halogens is 3. The first-order chi connectivity index (χ1) is 13.9. The van der Waals surface area contributed by atoms with Gasteiger partial charge in [0.15, 0.2) is 0 Å².